The average molecular weight is 229 g/mol. The van der Waals surface area contributed by atoms with Gasteiger partial charge in [-0.25, -0.2) is 0 Å². The summed E-state index contributed by atoms with van der Waals surface area (Å²) < 4.78 is 50.4. The Morgan fingerprint density at radius 3 is 0.600 bits per heavy atom. The van der Waals surface area contributed by atoms with Gasteiger partial charge in [0.2, 0.25) is 0 Å². The van der Waals surface area contributed by atoms with Gasteiger partial charge in [0.1, 0.15) is 0 Å². The molecule has 0 aliphatic heterocycles. The molecule has 6 nitrogen and oxygen atoms in total. The van der Waals surface area contributed by atoms with Crippen LogP contribution in [-0.4, -0.2) is 0 Å². The first-order valence-electron chi connectivity index (χ1n) is 0.926. The number of hydrogen-bond donors (Lipinski definition) is 0. The van der Waals surface area contributed by atoms with Crippen molar-refractivity contribution < 1.29 is 130 Å². The molecule has 0 amide bonds. The van der Waals surface area contributed by atoms with Crippen LogP contribution < -0.4 is 109 Å². The third-order valence-electron chi connectivity index (χ3n) is 0. The van der Waals surface area contributed by atoms with Crippen LogP contribution >= 0.6 is 0 Å². The minimum Gasteiger partial charge on any atom is -0.357 e. The van der Waals surface area contributed by atoms with Crippen LogP contribution in [0.5, 0.6) is 0 Å². The zero-order valence-electron chi connectivity index (χ0n) is 5.21. The fourth-order valence-corrected chi connectivity index (χ4v) is 0. The van der Waals surface area contributed by atoms with Crippen LogP contribution in [0.3, 0.4) is 0 Å². The summed E-state index contributed by atoms with van der Waals surface area (Å²) in [5, 5.41) is 0. The topological polar surface area (TPSA) is 138 Å². The molecule has 0 atom stereocenters. The van der Waals surface area contributed by atoms with E-state index in [0.717, 1.165) is 0 Å². The second-order valence-electron chi connectivity index (χ2n) is 0.378. The van der Waals surface area contributed by atoms with Crippen molar-refractivity contribution in [3.63, 3.8) is 0 Å². The van der Waals surface area contributed by atoms with Crippen LogP contribution in [0.4, 0.5) is 0 Å². The van der Waals surface area contributed by atoms with Crippen molar-refractivity contribution in [2.45, 2.75) is 0 Å². The fourth-order valence-electron chi connectivity index (χ4n) is 0. The van der Waals surface area contributed by atoms with Crippen LogP contribution in [0.25, 0.3) is 0 Å². The van der Waals surface area contributed by atoms with Gasteiger partial charge >= 0.3 is 80.9 Å². The first kappa shape index (κ1) is 23.1. The van der Waals surface area contributed by atoms with Crippen molar-refractivity contribution in [1.29, 1.82) is 0 Å². The molecule has 10 heavy (non-hydrogen) atoms. The molecule has 0 aromatic carbocycles. The standard InChI is InChI=1S/2ClO3.K.Na/c2*2-1(3)4;;/q2*-1;2*+1. The Balaban J connectivity index is -0.0000000300. The third kappa shape index (κ3) is 123. The van der Waals surface area contributed by atoms with Gasteiger partial charge in [0, 0.05) is 0 Å². The van der Waals surface area contributed by atoms with Gasteiger partial charge in [-0.2, -0.15) is 0 Å². The molecule has 0 rings (SSSR count). The quantitative estimate of drug-likeness (QED) is 0.378. The van der Waals surface area contributed by atoms with Crippen molar-refractivity contribution >= 4 is 0 Å². The fraction of sp³-hybridized carbons (Fsp3) is 0. The maximum absolute atomic E-state index is 8.41. The van der Waals surface area contributed by atoms with Crippen LogP contribution in [-0.2, 0) is 0 Å². The Kier molecular flexibility index (Phi) is 41.4. The van der Waals surface area contributed by atoms with Crippen LogP contribution in [0, 0.1) is 21.6 Å². The van der Waals surface area contributed by atoms with Gasteiger partial charge in [-0.05, 0) is 0 Å². The molecule has 0 aromatic rings. The maximum atomic E-state index is 8.41. The summed E-state index contributed by atoms with van der Waals surface area (Å²) in [5.74, 6) is 0. The predicted octanol–water partition coefficient (Wildman–Crippen LogP) is -13.1. The van der Waals surface area contributed by atoms with E-state index in [9.17, 15) is 0 Å². The molecule has 0 aliphatic carbocycles. The van der Waals surface area contributed by atoms with E-state index < -0.39 is 21.6 Å². The second kappa shape index (κ2) is 17.9. The number of rotatable bonds is 0. The largest absolute Gasteiger partial charge is 1.00 e. The third-order valence-corrected chi connectivity index (χ3v) is 0. The molecule has 52 valence electrons. The van der Waals surface area contributed by atoms with Crippen molar-refractivity contribution in [3.8, 4) is 0 Å². The Morgan fingerprint density at radius 1 is 0.600 bits per heavy atom. The van der Waals surface area contributed by atoms with Crippen molar-refractivity contribution in [2.24, 2.45) is 0 Å². The molecule has 0 spiro atoms. The Hall–Kier alpha value is 2.98. The SMILES string of the molecule is [K+].[Na+].[O-][Cl+2]([O-])[O-].[O-][Cl+2]([O-])[O-]. The monoisotopic (exact) mass is 228 g/mol. The van der Waals surface area contributed by atoms with Gasteiger partial charge < -0.3 is 28.0 Å². The van der Waals surface area contributed by atoms with Crippen molar-refractivity contribution in [1.82, 2.24) is 0 Å². The second-order valence-corrected chi connectivity index (χ2v) is 1.13. The van der Waals surface area contributed by atoms with Crippen LogP contribution in [0.1, 0.15) is 0 Å². The Bertz CT molecular complexity index is 31.2. The van der Waals surface area contributed by atoms with E-state index in [2.05, 4.69) is 0 Å². The summed E-state index contributed by atoms with van der Waals surface area (Å²) in [6.07, 6.45) is 0. The predicted molar refractivity (Wildman–Crippen MR) is 0 cm³/mol. The first-order valence-corrected chi connectivity index (χ1v) is 2.78. The molecule has 0 aliphatic rings. The van der Waals surface area contributed by atoms with Crippen molar-refractivity contribution in [3.05, 3.63) is 0 Å². The van der Waals surface area contributed by atoms with E-state index >= 15 is 0 Å². The molecule has 0 radical (unpaired) electrons. The summed E-state index contributed by atoms with van der Waals surface area (Å²) in [4.78, 5) is 0. The van der Waals surface area contributed by atoms with Gasteiger partial charge in [-0.15, -0.1) is 0 Å². The van der Waals surface area contributed by atoms with Gasteiger partial charge in [-0.3, -0.25) is 0 Å². The summed E-state index contributed by atoms with van der Waals surface area (Å²) in [6.45, 7) is 0. The molecule has 0 bridgehead atoms. The molecular formula is Cl2KNaO6. The minimum atomic E-state index is -2.85. The van der Waals surface area contributed by atoms with E-state index in [1.165, 1.54) is 0 Å². The van der Waals surface area contributed by atoms with Crippen molar-refractivity contribution in [2.75, 3.05) is 0 Å². The van der Waals surface area contributed by atoms with Crippen LogP contribution in [0.2, 0.25) is 0 Å². The molecule has 0 heterocycles. The molecule has 0 unspecified atom stereocenters. The summed E-state index contributed by atoms with van der Waals surface area (Å²) in [6, 6.07) is 0. The van der Waals surface area contributed by atoms with Gasteiger partial charge in [0.05, 0.1) is 21.6 Å². The molecular weight excluding hydrogens is 229 g/mol. The van der Waals surface area contributed by atoms with Gasteiger partial charge in [0.25, 0.3) is 0 Å². The summed E-state index contributed by atoms with van der Waals surface area (Å²) in [7, 11) is -5.70. The molecule has 0 saturated heterocycles. The normalized spacial score (nSPS) is 7.20. The number of hydrogen-bond acceptors (Lipinski definition) is 6. The van der Waals surface area contributed by atoms with Gasteiger partial charge in [0.15, 0.2) is 0 Å². The van der Waals surface area contributed by atoms with Crippen LogP contribution in [0.15, 0.2) is 0 Å². The Labute approximate surface area is 128 Å². The average Bonchev–Trinajstić information content (AvgIpc) is 1.25. The van der Waals surface area contributed by atoms with E-state index in [0.29, 0.717) is 0 Å². The molecule has 10 heteroatoms. The molecule has 0 aromatic heterocycles. The number of halogens is 2. The van der Waals surface area contributed by atoms with Gasteiger partial charge in [-0.1, -0.05) is 0 Å². The minimum absolute atomic E-state index is 0. The summed E-state index contributed by atoms with van der Waals surface area (Å²) >= 11 is 0. The zero-order valence-corrected chi connectivity index (χ0v) is 11.8. The zero-order chi connectivity index (χ0) is 7.15. The summed E-state index contributed by atoms with van der Waals surface area (Å²) in [5.41, 5.74) is 0. The smallest absolute Gasteiger partial charge is 0.357 e. The maximum Gasteiger partial charge on any atom is 1.00 e. The van der Waals surface area contributed by atoms with E-state index in [4.69, 9.17) is 28.0 Å². The first-order chi connectivity index (χ1) is 3.46. The van der Waals surface area contributed by atoms with E-state index in [1.807, 2.05) is 0 Å². The molecule has 0 fully saturated rings. The molecule has 0 N–H and O–H groups in total. The van der Waals surface area contributed by atoms with E-state index in [1.54, 1.807) is 0 Å². The molecule has 0 saturated carbocycles. The van der Waals surface area contributed by atoms with E-state index in [-0.39, 0.29) is 80.9 Å². The Morgan fingerprint density at radius 2 is 0.600 bits per heavy atom.